The zero-order valence-corrected chi connectivity index (χ0v) is 10.1. The monoisotopic (exact) mass is 244 g/mol. The summed E-state index contributed by atoms with van der Waals surface area (Å²) >= 11 is 0. The highest BCUT2D eigenvalue weighted by Crippen LogP contribution is 2.51. The lowest BCUT2D eigenvalue weighted by Gasteiger charge is -2.44. The van der Waals surface area contributed by atoms with Crippen LogP contribution < -0.4 is 5.73 Å². The largest absolute Gasteiger partial charge is 0.481 e. The van der Waals surface area contributed by atoms with Gasteiger partial charge in [-0.15, -0.1) is 0 Å². The number of rotatable bonds is 4. The van der Waals surface area contributed by atoms with Crippen LogP contribution in [0.4, 0.5) is 0 Å². The van der Waals surface area contributed by atoms with Gasteiger partial charge in [0.25, 0.3) is 0 Å². The molecule has 0 spiro atoms. The Hall–Kier alpha value is -1.86. The maximum absolute atomic E-state index is 11.5. The van der Waals surface area contributed by atoms with Crippen LogP contribution in [0.3, 0.4) is 0 Å². The average Bonchev–Trinajstić information content (AvgIpc) is 2.33. The van der Waals surface area contributed by atoms with Crippen LogP contribution in [0.25, 0.3) is 0 Å². The first kappa shape index (κ1) is 12.6. The Bertz CT molecular complexity index is 484. The Morgan fingerprint density at radius 3 is 2.39 bits per heavy atom. The van der Waals surface area contributed by atoms with E-state index < -0.39 is 11.4 Å². The molecule has 4 nitrogen and oxygen atoms in total. The van der Waals surface area contributed by atoms with E-state index in [4.69, 9.17) is 11.0 Å². The number of carbonyl (C=O) groups is 1. The van der Waals surface area contributed by atoms with Crippen LogP contribution in [0.1, 0.15) is 36.3 Å². The van der Waals surface area contributed by atoms with Crippen molar-refractivity contribution in [3.63, 3.8) is 0 Å². The zero-order valence-electron chi connectivity index (χ0n) is 10.1. The second kappa shape index (κ2) is 4.79. The van der Waals surface area contributed by atoms with Gasteiger partial charge < -0.3 is 10.8 Å². The van der Waals surface area contributed by atoms with E-state index in [1.165, 1.54) is 0 Å². The first-order chi connectivity index (χ1) is 8.64. The maximum Gasteiger partial charge on any atom is 0.310 e. The molecule has 94 valence electrons. The highest BCUT2D eigenvalue weighted by atomic mass is 16.4. The van der Waals surface area contributed by atoms with Crippen molar-refractivity contribution in [1.29, 1.82) is 5.26 Å². The van der Waals surface area contributed by atoms with Gasteiger partial charge >= 0.3 is 5.97 Å². The van der Waals surface area contributed by atoms with E-state index >= 15 is 0 Å². The molecule has 2 rings (SSSR count). The second-order valence-corrected chi connectivity index (χ2v) is 4.84. The molecule has 0 radical (unpaired) electrons. The number of carboxylic acids is 1. The summed E-state index contributed by atoms with van der Waals surface area (Å²) < 4.78 is 0. The molecule has 1 unspecified atom stereocenters. The van der Waals surface area contributed by atoms with Crippen LogP contribution in [0.15, 0.2) is 24.3 Å². The number of nitrogens with two attached hydrogens (primary N) is 1. The number of benzene rings is 1. The lowest BCUT2D eigenvalue weighted by atomic mass is 9.59. The van der Waals surface area contributed by atoms with E-state index in [9.17, 15) is 9.90 Å². The van der Waals surface area contributed by atoms with Crippen LogP contribution >= 0.6 is 0 Å². The predicted molar refractivity (Wildman–Crippen MR) is 66.9 cm³/mol. The van der Waals surface area contributed by atoms with Crippen molar-refractivity contribution in [1.82, 2.24) is 0 Å². The minimum atomic E-state index is -0.756. The number of carboxylic acid groups (broad SMARTS) is 1. The fourth-order valence-electron chi connectivity index (χ4n) is 2.74. The molecule has 1 fully saturated rings. The van der Waals surface area contributed by atoms with Crippen LogP contribution in [-0.2, 0) is 4.79 Å². The van der Waals surface area contributed by atoms with Gasteiger partial charge in [0.1, 0.15) is 0 Å². The summed E-state index contributed by atoms with van der Waals surface area (Å²) in [6.07, 6.45) is 2.31. The SMILES string of the molecule is N#Cc1ccc(C(CN)C2(C(=O)O)CCC2)cc1. The number of nitriles is 1. The molecule has 0 aromatic heterocycles. The minimum Gasteiger partial charge on any atom is -0.481 e. The van der Waals surface area contributed by atoms with E-state index in [0.29, 0.717) is 24.9 Å². The number of nitrogens with zero attached hydrogens (tertiary/aromatic N) is 1. The third-order valence-corrected chi connectivity index (χ3v) is 4.02. The van der Waals surface area contributed by atoms with Crippen molar-refractivity contribution in [2.75, 3.05) is 6.54 Å². The van der Waals surface area contributed by atoms with Gasteiger partial charge in [-0.2, -0.15) is 5.26 Å². The first-order valence-electron chi connectivity index (χ1n) is 6.07. The van der Waals surface area contributed by atoms with Gasteiger partial charge in [0, 0.05) is 12.5 Å². The normalized spacial score (nSPS) is 18.4. The third kappa shape index (κ3) is 1.87. The molecule has 0 heterocycles. The van der Waals surface area contributed by atoms with Gasteiger partial charge in [0.15, 0.2) is 0 Å². The Balaban J connectivity index is 2.33. The summed E-state index contributed by atoms with van der Waals surface area (Å²) in [5.74, 6) is -0.926. The molecular formula is C14H16N2O2. The molecule has 0 bridgehead atoms. The Kier molecular flexibility index (Phi) is 3.35. The van der Waals surface area contributed by atoms with Crippen molar-refractivity contribution >= 4 is 5.97 Å². The van der Waals surface area contributed by atoms with Gasteiger partial charge in [-0.1, -0.05) is 18.6 Å². The van der Waals surface area contributed by atoms with Gasteiger partial charge in [-0.05, 0) is 30.5 Å². The van der Waals surface area contributed by atoms with E-state index in [1.807, 2.05) is 12.1 Å². The Labute approximate surface area is 106 Å². The number of hydrogen-bond acceptors (Lipinski definition) is 3. The summed E-state index contributed by atoms with van der Waals surface area (Å²) in [6.45, 7) is 0.318. The highest BCUT2D eigenvalue weighted by Gasteiger charge is 2.50. The lowest BCUT2D eigenvalue weighted by molar-refractivity contribution is -0.156. The van der Waals surface area contributed by atoms with Crippen LogP contribution in [0.2, 0.25) is 0 Å². The van der Waals surface area contributed by atoms with Gasteiger partial charge in [-0.3, -0.25) is 4.79 Å². The van der Waals surface area contributed by atoms with Crippen molar-refractivity contribution in [3.05, 3.63) is 35.4 Å². The first-order valence-corrected chi connectivity index (χ1v) is 6.07. The molecule has 1 aromatic rings. The highest BCUT2D eigenvalue weighted by molar-refractivity contribution is 5.77. The van der Waals surface area contributed by atoms with E-state index in [0.717, 1.165) is 12.0 Å². The van der Waals surface area contributed by atoms with Crippen molar-refractivity contribution in [2.45, 2.75) is 25.2 Å². The predicted octanol–water partition coefficient (Wildman–Crippen LogP) is 1.86. The quantitative estimate of drug-likeness (QED) is 0.846. The molecule has 3 N–H and O–H groups in total. The van der Waals surface area contributed by atoms with E-state index in [2.05, 4.69) is 6.07 Å². The molecule has 1 aliphatic rings. The topological polar surface area (TPSA) is 87.1 Å². The third-order valence-electron chi connectivity index (χ3n) is 4.02. The molecule has 18 heavy (non-hydrogen) atoms. The Morgan fingerprint density at radius 2 is 2.06 bits per heavy atom. The van der Waals surface area contributed by atoms with Crippen LogP contribution in [-0.4, -0.2) is 17.6 Å². The molecule has 0 saturated heterocycles. The summed E-state index contributed by atoms with van der Waals surface area (Å²) in [4.78, 5) is 11.5. The molecule has 1 aliphatic carbocycles. The molecule has 1 aromatic carbocycles. The lowest BCUT2D eigenvalue weighted by Crippen LogP contribution is -2.45. The van der Waals surface area contributed by atoms with Gasteiger partial charge in [0.2, 0.25) is 0 Å². The van der Waals surface area contributed by atoms with Gasteiger partial charge in [0.05, 0.1) is 17.0 Å². The molecular weight excluding hydrogens is 228 g/mol. The average molecular weight is 244 g/mol. The Morgan fingerprint density at radius 1 is 1.44 bits per heavy atom. The fraction of sp³-hybridized carbons (Fsp3) is 0.429. The van der Waals surface area contributed by atoms with Crippen molar-refractivity contribution in [3.8, 4) is 6.07 Å². The van der Waals surface area contributed by atoms with Crippen molar-refractivity contribution < 1.29 is 9.90 Å². The smallest absolute Gasteiger partial charge is 0.310 e. The minimum absolute atomic E-state index is 0.170. The second-order valence-electron chi connectivity index (χ2n) is 4.84. The van der Waals surface area contributed by atoms with Crippen LogP contribution in [0.5, 0.6) is 0 Å². The van der Waals surface area contributed by atoms with E-state index in [-0.39, 0.29) is 5.92 Å². The van der Waals surface area contributed by atoms with Gasteiger partial charge in [-0.25, -0.2) is 0 Å². The number of hydrogen-bond donors (Lipinski definition) is 2. The summed E-state index contributed by atoms with van der Waals surface area (Å²) in [6, 6.07) is 9.12. The fourth-order valence-corrected chi connectivity index (χ4v) is 2.74. The zero-order chi connectivity index (χ0) is 13.2. The summed E-state index contributed by atoms with van der Waals surface area (Å²) in [5.41, 5.74) is 6.57. The molecule has 4 heteroatoms. The maximum atomic E-state index is 11.5. The number of aliphatic carboxylic acids is 1. The standard InChI is InChI=1S/C14H16N2O2/c15-8-10-2-4-11(5-3-10)12(9-16)14(13(17)18)6-1-7-14/h2-5,12H,1,6-7,9,16H2,(H,17,18). The van der Waals surface area contributed by atoms with Crippen molar-refractivity contribution in [2.24, 2.45) is 11.1 Å². The molecule has 1 saturated carbocycles. The molecule has 0 amide bonds. The van der Waals surface area contributed by atoms with Crippen LogP contribution in [0, 0.1) is 16.7 Å². The molecule has 0 aliphatic heterocycles. The molecule has 1 atom stereocenters. The summed E-state index contributed by atoms with van der Waals surface area (Å²) in [5, 5.41) is 18.2. The summed E-state index contributed by atoms with van der Waals surface area (Å²) in [7, 11) is 0. The van der Waals surface area contributed by atoms with E-state index in [1.54, 1.807) is 12.1 Å².